The summed E-state index contributed by atoms with van der Waals surface area (Å²) < 4.78 is 28.0. The van der Waals surface area contributed by atoms with Gasteiger partial charge >= 0.3 is 12.6 Å². The van der Waals surface area contributed by atoms with Crippen molar-refractivity contribution in [2.45, 2.75) is 26.0 Å². The molecule has 0 spiro atoms. The van der Waals surface area contributed by atoms with Crippen molar-refractivity contribution in [2.24, 2.45) is 0 Å². The maximum atomic E-state index is 11.9. The van der Waals surface area contributed by atoms with Gasteiger partial charge in [0.1, 0.15) is 11.8 Å². The Bertz CT molecular complexity index is 448. The molecule has 1 amide bonds. The van der Waals surface area contributed by atoms with Crippen LogP contribution in [0.5, 0.6) is 5.75 Å². The minimum Gasteiger partial charge on any atom is -0.480 e. The molecule has 0 heterocycles. The number of hydrogen-bond acceptors (Lipinski definition) is 3. The van der Waals surface area contributed by atoms with Gasteiger partial charge in [0.2, 0.25) is 5.91 Å². The highest BCUT2D eigenvalue weighted by Gasteiger charge is 2.18. The molecule has 1 aromatic carbocycles. The Labute approximate surface area is 108 Å². The van der Waals surface area contributed by atoms with E-state index in [-0.39, 0.29) is 12.2 Å². The van der Waals surface area contributed by atoms with E-state index in [1.54, 1.807) is 0 Å². The Morgan fingerprint density at radius 3 is 2.32 bits per heavy atom. The lowest BCUT2D eigenvalue weighted by Gasteiger charge is -2.13. The normalized spacial score (nSPS) is 12.0. The molecule has 0 aliphatic rings. The van der Waals surface area contributed by atoms with E-state index in [9.17, 15) is 18.4 Å². The quantitative estimate of drug-likeness (QED) is 0.822. The number of rotatable bonds is 6. The minimum absolute atomic E-state index is 0.00912. The highest BCUT2D eigenvalue weighted by Crippen LogP contribution is 2.15. The first-order valence-corrected chi connectivity index (χ1v) is 5.42. The van der Waals surface area contributed by atoms with E-state index in [2.05, 4.69) is 10.1 Å². The molecule has 0 aliphatic carbocycles. The van der Waals surface area contributed by atoms with Crippen LogP contribution in [0.4, 0.5) is 8.78 Å². The topological polar surface area (TPSA) is 75.6 Å². The summed E-state index contributed by atoms with van der Waals surface area (Å²) in [5, 5.41) is 11.2. The molecule has 5 nitrogen and oxygen atoms in total. The molecular weight excluding hydrogens is 260 g/mol. The molecule has 0 saturated heterocycles. The molecule has 2 N–H and O–H groups in total. The van der Waals surface area contributed by atoms with Crippen LogP contribution in [0.25, 0.3) is 0 Å². The molecule has 104 valence electrons. The molecule has 0 bridgehead atoms. The summed E-state index contributed by atoms with van der Waals surface area (Å²) in [5.41, 5.74) is 0.586. The van der Waals surface area contributed by atoms with Crippen LogP contribution in [0.1, 0.15) is 12.5 Å². The lowest BCUT2D eigenvalue weighted by atomic mass is 10.1. The smallest absolute Gasteiger partial charge is 0.387 e. The Kier molecular flexibility index (Phi) is 5.23. The molecule has 1 atom stereocenters. The molecule has 19 heavy (non-hydrogen) atoms. The zero-order chi connectivity index (χ0) is 14.4. The van der Waals surface area contributed by atoms with Gasteiger partial charge in [-0.2, -0.15) is 8.78 Å². The highest BCUT2D eigenvalue weighted by molar-refractivity contribution is 5.82. The van der Waals surface area contributed by atoms with Gasteiger partial charge in [-0.05, 0) is 17.7 Å². The predicted octanol–water partition coefficient (Wildman–Crippen LogP) is 1.42. The molecule has 0 saturated carbocycles. The number of carboxylic acid groups (broad SMARTS) is 1. The summed E-state index contributed by atoms with van der Waals surface area (Å²) in [5.74, 6) is -1.63. The third-order valence-electron chi connectivity index (χ3n) is 2.26. The average molecular weight is 273 g/mol. The molecule has 1 unspecified atom stereocenters. The molecule has 7 heteroatoms. The monoisotopic (exact) mass is 273 g/mol. The summed E-state index contributed by atoms with van der Waals surface area (Å²) in [6.45, 7) is -1.69. The number of carboxylic acids is 1. The van der Waals surface area contributed by atoms with Gasteiger partial charge in [0.15, 0.2) is 0 Å². The zero-order valence-electron chi connectivity index (χ0n) is 10.1. The van der Waals surface area contributed by atoms with Crippen LogP contribution in [0.3, 0.4) is 0 Å². The Balaban J connectivity index is 2.69. The van der Waals surface area contributed by atoms with Crippen LogP contribution in [0, 0.1) is 0 Å². The number of amides is 1. The lowest BCUT2D eigenvalue weighted by molar-refractivity contribution is -0.141. The second kappa shape index (κ2) is 6.67. The second-order valence-electron chi connectivity index (χ2n) is 3.82. The van der Waals surface area contributed by atoms with Crippen molar-refractivity contribution in [3.8, 4) is 5.75 Å². The first kappa shape index (κ1) is 14.9. The van der Waals surface area contributed by atoms with Crippen molar-refractivity contribution in [2.75, 3.05) is 0 Å². The molecular formula is C12H13F2NO4. The van der Waals surface area contributed by atoms with E-state index < -0.39 is 24.5 Å². The summed E-state index contributed by atoms with van der Waals surface area (Å²) in [7, 11) is 0. The van der Waals surface area contributed by atoms with E-state index >= 15 is 0 Å². The molecule has 1 rings (SSSR count). The Morgan fingerprint density at radius 2 is 1.89 bits per heavy atom. The van der Waals surface area contributed by atoms with Gasteiger partial charge in [-0.1, -0.05) is 12.1 Å². The maximum absolute atomic E-state index is 11.9. The van der Waals surface area contributed by atoms with Gasteiger partial charge in [-0.25, -0.2) is 4.79 Å². The van der Waals surface area contributed by atoms with Gasteiger partial charge in [-0.15, -0.1) is 0 Å². The number of nitrogens with one attached hydrogen (secondary N) is 1. The van der Waals surface area contributed by atoms with Crippen molar-refractivity contribution in [1.29, 1.82) is 0 Å². The number of carbonyl (C=O) groups excluding carboxylic acids is 1. The van der Waals surface area contributed by atoms with E-state index in [1.165, 1.54) is 31.2 Å². The number of halogens is 2. The summed E-state index contributed by atoms with van der Waals surface area (Å²) in [6, 6.07) is 4.51. The molecule has 1 aromatic rings. The van der Waals surface area contributed by atoms with E-state index in [0.29, 0.717) is 5.56 Å². The fourth-order valence-corrected chi connectivity index (χ4v) is 1.49. The van der Waals surface area contributed by atoms with E-state index in [4.69, 9.17) is 5.11 Å². The van der Waals surface area contributed by atoms with Crippen LogP contribution < -0.4 is 10.1 Å². The first-order valence-electron chi connectivity index (χ1n) is 5.42. The second-order valence-corrected chi connectivity index (χ2v) is 3.82. The van der Waals surface area contributed by atoms with Crippen molar-refractivity contribution in [3.05, 3.63) is 29.8 Å². The predicted molar refractivity (Wildman–Crippen MR) is 62.0 cm³/mol. The number of alkyl halides is 2. The van der Waals surface area contributed by atoms with Crippen molar-refractivity contribution in [3.63, 3.8) is 0 Å². The molecule has 0 radical (unpaired) electrons. The maximum Gasteiger partial charge on any atom is 0.387 e. The molecule has 0 aliphatic heterocycles. The minimum atomic E-state index is -2.91. The van der Waals surface area contributed by atoms with Crippen molar-refractivity contribution in [1.82, 2.24) is 5.32 Å². The lowest BCUT2D eigenvalue weighted by Crippen LogP contribution is -2.41. The fraction of sp³-hybridized carbons (Fsp3) is 0.333. The summed E-state index contributed by atoms with van der Waals surface area (Å²) in [6.07, 6.45) is 0.0594. The van der Waals surface area contributed by atoms with Gasteiger partial charge in [0.05, 0.1) is 0 Å². The third kappa shape index (κ3) is 5.33. The van der Waals surface area contributed by atoms with Gasteiger partial charge in [0.25, 0.3) is 0 Å². The van der Waals surface area contributed by atoms with E-state index in [0.717, 1.165) is 0 Å². The number of carbonyl (C=O) groups is 2. The fourth-order valence-electron chi connectivity index (χ4n) is 1.49. The Morgan fingerprint density at radius 1 is 1.32 bits per heavy atom. The van der Waals surface area contributed by atoms with Gasteiger partial charge in [0, 0.05) is 13.3 Å². The SMILES string of the molecule is CC(=O)NC(Cc1ccc(OC(F)F)cc1)C(=O)O. The molecule has 0 fully saturated rings. The first-order chi connectivity index (χ1) is 8.88. The van der Waals surface area contributed by atoms with Crippen molar-refractivity contribution < 1.29 is 28.2 Å². The largest absolute Gasteiger partial charge is 0.480 e. The third-order valence-corrected chi connectivity index (χ3v) is 2.26. The summed E-state index contributed by atoms with van der Waals surface area (Å²) in [4.78, 5) is 21.8. The highest BCUT2D eigenvalue weighted by atomic mass is 19.3. The van der Waals surface area contributed by atoms with Gasteiger partial charge < -0.3 is 15.2 Å². The van der Waals surface area contributed by atoms with E-state index in [1.807, 2.05) is 0 Å². The summed E-state index contributed by atoms with van der Waals surface area (Å²) >= 11 is 0. The number of ether oxygens (including phenoxy) is 1. The zero-order valence-corrected chi connectivity index (χ0v) is 10.1. The average Bonchev–Trinajstić information content (AvgIpc) is 2.29. The van der Waals surface area contributed by atoms with Crippen LogP contribution in [-0.4, -0.2) is 29.6 Å². The van der Waals surface area contributed by atoms with Gasteiger partial charge in [-0.3, -0.25) is 4.79 Å². The van der Waals surface area contributed by atoms with Crippen molar-refractivity contribution >= 4 is 11.9 Å². The van der Waals surface area contributed by atoms with Crippen LogP contribution in [0.15, 0.2) is 24.3 Å². The number of hydrogen-bond donors (Lipinski definition) is 2. The van der Waals surface area contributed by atoms with Crippen LogP contribution >= 0.6 is 0 Å². The van der Waals surface area contributed by atoms with Crippen LogP contribution in [-0.2, 0) is 16.0 Å². The Hall–Kier alpha value is -2.18. The standard InChI is InChI=1S/C12H13F2NO4/c1-7(16)15-10(11(17)18)6-8-2-4-9(5-3-8)19-12(13)14/h2-5,10,12H,6H2,1H3,(H,15,16)(H,17,18). The number of aliphatic carboxylic acids is 1. The number of benzene rings is 1. The molecule has 0 aromatic heterocycles. The van der Waals surface area contributed by atoms with Crippen LogP contribution in [0.2, 0.25) is 0 Å².